The summed E-state index contributed by atoms with van der Waals surface area (Å²) < 4.78 is 5.61. The van der Waals surface area contributed by atoms with Crippen molar-refractivity contribution in [2.75, 3.05) is 0 Å². The second kappa shape index (κ2) is 13.7. The summed E-state index contributed by atoms with van der Waals surface area (Å²) in [5, 5.41) is 0. The van der Waals surface area contributed by atoms with Crippen LogP contribution in [-0.4, -0.2) is 9.79 Å². The highest BCUT2D eigenvalue weighted by Crippen LogP contribution is 2.48. The molecule has 1 aromatic carbocycles. The van der Waals surface area contributed by atoms with Crippen LogP contribution in [0.3, 0.4) is 0 Å². The van der Waals surface area contributed by atoms with Gasteiger partial charge >= 0.3 is 8.60 Å². The maximum absolute atomic E-state index is 9.67. The van der Waals surface area contributed by atoms with E-state index in [2.05, 4.69) is 53.7 Å². The van der Waals surface area contributed by atoms with Crippen LogP contribution in [0.5, 0.6) is 5.75 Å². The maximum Gasteiger partial charge on any atom is 0.391 e. The Morgan fingerprint density at radius 1 is 0.667 bits per heavy atom. The molecule has 0 aliphatic heterocycles. The molecule has 0 saturated carbocycles. The predicted molar refractivity (Wildman–Crippen MR) is 131 cm³/mol. The SMILES string of the molecule is CCCC(CCC)(CCC)c1ccc(OP(O)O)c(C(CCC)(CCC)CCC)c1. The molecule has 2 N–H and O–H groups in total. The molecule has 1 aromatic rings. The minimum atomic E-state index is -2.43. The van der Waals surface area contributed by atoms with Gasteiger partial charge in [-0.25, -0.2) is 0 Å². The van der Waals surface area contributed by atoms with Crippen molar-refractivity contribution in [2.45, 2.75) is 129 Å². The Kier molecular flexibility index (Phi) is 12.5. The standard InChI is InChI=1S/C26H47O3P/c1-7-15-25(16-8-2,17-9-3)22-13-14-24(29-30(27)28)23(21-22)26(18-10-4,19-11-5)20-12-6/h13-14,21,27-28H,7-12,15-20H2,1-6H3. The molecule has 0 saturated heterocycles. The molecule has 0 amide bonds. The summed E-state index contributed by atoms with van der Waals surface area (Å²) in [6.45, 7) is 13.6. The van der Waals surface area contributed by atoms with E-state index < -0.39 is 8.60 Å². The van der Waals surface area contributed by atoms with E-state index in [1.54, 1.807) is 0 Å². The average molecular weight is 439 g/mol. The van der Waals surface area contributed by atoms with Crippen LogP contribution < -0.4 is 4.52 Å². The summed E-state index contributed by atoms with van der Waals surface area (Å²) in [6, 6.07) is 6.63. The van der Waals surface area contributed by atoms with Gasteiger partial charge in [0.2, 0.25) is 0 Å². The Morgan fingerprint density at radius 3 is 1.43 bits per heavy atom. The lowest BCUT2D eigenvalue weighted by Gasteiger charge is -2.39. The van der Waals surface area contributed by atoms with Crippen molar-refractivity contribution in [1.29, 1.82) is 0 Å². The summed E-state index contributed by atoms with van der Waals surface area (Å²) in [5.41, 5.74) is 2.85. The van der Waals surface area contributed by atoms with E-state index in [4.69, 9.17) is 4.52 Å². The van der Waals surface area contributed by atoms with Crippen molar-refractivity contribution in [3.8, 4) is 5.75 Å². The summed E-state index contributed by atoms with van der Waals surface area (Å²) >= 11 is 0. The first kappa shape index (κ1) is 27.4. The molecule has 0 radical (unpaired) electrons. The molecule has 30 heavy (non-hydrogen) atoms. The van der Waals surface area contributed by atoms with Gasteiger partial charge in [0.25, 0.3) is 0 Å². The minimum absolute atomic E-state index is 0.0331. The third kappa shape index (κ3) is 6.94. The average Bonchev–Trinajstić information content (AvgIpc) is 2.69. The molecule has 0 bridgehead atoms. The maximum atomic E-state index is 9.67. The van der Waals surface area contributed by atoms with Crippen LogP contribution in [-0.2, 0) is 10.8 Å². The fourth-order valence-corrected chi connectivity index (χ4v) is 6.24. The molecular weight excluding hydrogens is 391 g/mol. The molecule has 0 heterocycles. The van der Waals surface area contributed by atoms with Crippen LogP contribution in [0.1, 0.15) is 130 Å². The zero-order valence-electron chi connectivity index (χ0n) is 20.5. The van der Waals surface area contributed by atoms with Crippen molar-refractivity contribution in [3.63, 3.8) is 0 Å². The van der Waals surface area contributed by atoms with Crippen LogP contribution in [0, 0.1) is 0 Å². The topological polar surface area (TPSA) is 49.7 Å². The zero-order chi connectivity index (χ0) is 22.6. The van der Waals surface area contributed by atoms with E-state index in [-0.39, 0.29) is 10.8 Å². The normalized spacial score (nSPS) is 12.6. The number of benzene rings is 1. The molecule has 0 spiro atoms. The van der Waals surface area contributed by atoms with Gasteiger partial charge in [-0.2, -0.15) is 0 Å². The first-order chi connectivity index (χ1) is 14.4. The number of hydrogen-bond donors (Lipinski definition) is 2. The Morgan fingerprint density at radius 2 is 1.07 bits per heavy atom. The fourth-order valence-electron chi connectivity index (χ4n) is 5.90. The van der Waals surface area contributed by atoms with Crippen molar-refractivity contribution < 1.29 is 14.3 Å². The van der Waals surface area contributed by atoms with Crippen LogP contribution in [0.15, 0.2) is 18.2 Å². The van der Waals surface area contributed by atoms with E-state index in [0.29, 0.717) is 5.75 Å². The summed E-state index contributed by atoms with van der Waals surface area (Å²) in [6.07, 6.45) is 13.8. The number of hydrogen-bond acceptors (Lipinski definition) is 3. The highest BCUT2D eigenvalue weighted by Gasteiger charge is 2.36. The number of rotatable bonds is 16. The van der Waals surface area contributed by atoms with Crippen LogP contribution in [0.4, 0.5) is 0 Å². The van der Waals surface area contributed by atoms with Crippen molar-refractivity contribution >= 4 is 8.60 Å². The third-order valence-corrected chi connectivity index (χ3v) is 7.07. The summed E-state index contributed by atoms with van der Waals surface area (Å²) in [5.74, 6) is 0.670. The summed E-state index contributed by atoms with van der Waals surface area (Å²) in [4.78, 5) is 19.3. The van der Waals surface area contributed by atoms with Crippen LogP contribution in [0.25, 0.3) is 0 Å². The van der Waals surface area contributed by atoms with E-state index in [1.165, 1.54) is 49.7 Å². The van der Waals surface area contributed by atoms with Crippen LogP contribution >= 0.6 is 8.60 Å². The van der Waals surface area contributed by atoms with Crippen molar-refractivity contribution in [1.82, 2.24) is 0 Å². The minimum Gasteiger partial charge on any atom is -0.427 e. The van der Waals surface area contributed by atoms with E-state index in [9.17, 15) is 9.79 Å². The lowest BCUT2D eigenvalue weighted by atomic mass is 9.66. The van der Waals surface area contributed by atoms with Gasteiger partial charge < -0.3 is 14.3 Å². The Balaban J connectivity index is 3.74. The molecule has 3 nitrogen and oxygen atoms in total. The highest BCUT2D eigenvalue weighted by atomic mass is 31.2. The molecule has 174 valence electrons. The molecule has 1 rings (SSSR count). The van der Waals surface area contributed by atoms with Gasteiger partial charge in [0.15, 0.2) is 0 Å². The molecule has 4 heteroatoms. The Bertz CT molecular complexity index is 566. The smallest absolute Gasteiger partial charge is 0.391 e. The van der Waals surface area contributed by atoms with Crippen molar-refractivity contribution in [3.05, 3.63) is 29.3 Å². The van der Waals surface area contributed by atoms with Crippen molar-refractivity contribution in [2.24, 2.45) is 0 Å². The molecule has 0 atom stereocenters. The largest absolute Gasteiger partial charge is 0.427 e. The van der Waals surface area contributed by atoms with Gasteiger partial charge in [0.05, 0.1) is 0 Å². The van der Waals surface area contributed by atoms with Gasteiger partial charge in [-0.3, -0.25) is 0 Å². The molecule has 0 aromatic heterocycles. The molecule has 0 fully saturated rings. The monoisotopic (exact) mass is 438 g/mol. The molecule has 0 unspecified atom stereocenters. The van der Waals surface area contributed by atoms with Gasteiger partial charge in [-0.1, -0.05) is 92.2 Å². The lowest BCUT2D eigenvalue weighted by molar-refractivity contribution is 0.306. The molecule has 0 aliphatic carbocycles. The molecular formula is C26H47O3P. The van der Waals surface area contributed by atoms with Crippen LogP contribution in [0.2, 0.25) is 0 Å². The lowest BCUT2D eigenvalue weighted by Crippen LogP contribution is -2.30. The first-order valence-corrected chi connectivity index (χ1v) is 13.6. The Labute approximate surface area is 187 Å². The highest BCUT2D eigenvalue weighted by molar-refractivity contribution is 7.39. The Hall–Kier alpha value is -0.630. The molecule has 0 aliphatic rings. The zero-order valence-corrected chi connectivity index (χ0v) is 21.4. The van der Waals surface area contributed by atoms with Gasteiger partial charge in [-0.15, -0.1) is 0 Å². The second-order valence-corrected chi connectivity index (χ2v) is 9.80. The van der Waals surface area contributed by atoms with Gasteiger partial charge in [-0.05, 0) is 61.0 Å². The van der Waals surface area contributed by atoms with Gasteiger partial charge in [0.1, 0.15) is 5.75 Å². The van der Waals surface area contributed by atoms with Gasteiger partial charge in [0, 0.05) is 5.56 Å². The van der Waals surface area contributed by atoms with E-state index >= 15 is 0 Å². The first-order valence-electron chi connectivity index (χ1n) is 12.4. The van der Waals surface area contributed by atoms with E-state index in [1.807, 2.05) is 6.07 Å². The fraction of sp³-hybridized carbons (Fsp3) is 0.769. The quantitative estimate of drug-likeness (QED) is 0.254. The van der Waals surface area contributed by atoms with E-state index in [0.717, 1.165) is 38.5 Å². The third-order valence-electron chi connectivity index (χ3n) is 6.71. The second-order valence-electron chi connectivity index (χ2n) is 9.12. The predicted octanol–water partition coefficient (Wildman–Crippen LogP) is 8.55. The summed E-state index contributed by atoms with van der Waals surface area (Å²) in [7, 11) is -2.43.